The fourth-order valence-electron chi connectivity index (χ4n) is 2.80. The van der Waals surface area contributed by atoms with Gasteiger partial charge in [0.2, 0.25) is 0 Å². The maximum Gasteiger partial charge on any atom is 0.123 e. The number of piperidine rings is 1. The van der Waals surface area contributed by atoms with Gasteiger partial charge in [0.05, 0.1) is 0 Å². The highest BCUT2D eigenvalue weighted by atomic mass is 16.5. The lowest BCUT2D eigenvalue weighted by Gasteiger charge is -2.33. The van der Waals surface area contributed by atoms with Crippen molar-refractivity contribution in [2.24, 2.45) is 0 Å². The SMILES string of the molecule is CC.CCN1CCC2c3ccccc3OC2C1. The van der Waals surface area contributed by atoms with Crippen molar-refractivity contribution in [2.75, 3.05) is 19.6 Å². The smallest absolute Gasteiger partial charge is 0.123 e. The highest BCUT2D eigenvalue weighted by molar-refractivity contribution is 5.41. The van der Waals surface area contributed by atoms with Crippen LogP contribution in [0.3, 0.4) is 0 Å². The highest BCUT2D eigenvalue weighted by Crippen LogP contribution is 2.42. The molecule has 0 saturated carbocycles. The van der Waals surface area contributed by atoms with Gasteiger partial charge in [-0.15, -0.1) is 0 Å². The molecule has 1 fully saturated rings. The number of hydrogen-bond donors (Lipinski definition) is 0. The lowest BCUT2D eigenvalue weighted by atomic mass is 9.89. The fourth-order valence-corrected chi connectivity index (χ4v) is 2.80. The van der Waals surface area contributed by atoms with Crippen LogP contribution in [0.4, 0.5) is 0 Å². The van der Waals surface area contributed by atoms with Crippen LogP contribution in [0.1, 0.15) is 38.7 Å². The molecule has 3 rings (SSSR count). The Morgan fingerprint density at radius 1 is 1.29 bits per heavy atom. The first kappa shape index (κ1) is 12.4. The van der Waals surface area contributed by atoms with Crippen LogP contribution < -0.4 is 4.74 Å². The summed E-state index contributed by atoms with van der Waals surface area (Å²) >= 11 is 0. The molecule has 0 aliphatic carbocycles. The molecule has 1 aromatic rings. The first-order valence-corrected chi connectivity index (χ1v) is 6.86. The molecular weight excluding hydrogens is 210 g/mol. The maximum atomic E-state index is 6.00. The van der Waals surface area contributed by atoms with Gasteiger partial charge in [-0.1, -0.05) is 39.0 Å². The molecule has 2 atom stereocenters. The second kappa shape index (κ2) is 5.54. The van der Waals surface area contributed by atoms with Crippen molar-refractivity contribution in [2.45, 2.75) is 39.2 Å². The molecule has 2 heteroatoms. The first-order chi connectivity index (χ1) is 8.38. The van der Waals surface area contributed by atoms with Crippen LogP contribution in [-0.2, 0) is 0 Å². The maximum absolute atomic E-state index is 6.00. The van der Waals surface area contributed by atoms with Gasteiger partial charge in [0.1, 0.15) is 11.9 Å². The molecule has 2 heterocycles. The lowest BCUT2D eigenvalue weighted by molar-refractivity contribution is 0.0955. The van der Waals surface area contributed by atoms with Gasteiger partial charge in [-0.3, -0.25) is 4.90 Å². The Morgan fingerprint density at radius 2 is 2.06 bits per heavy atom. The summed E-state index contributed by atoms with van der Waals surface area (Å²) in [6, 6.07) is 8.51. The average Bonchev–Trinajstić information content (AvgIpc) is 2.78. The largest absolute Gasteiger partial charge is 0.488 e. The van der Waals surface area contributed by atoms with Crippen LogP contribution in [0.15, 0.2) is 24.3 Å². The van der Waals surface area contributed by atoms with Gasteiger partial charge in [-0.25, -0.2) is 0 Å². The zero-order valence-corrected chi connectivity index (χ0v) is 11.1. The first-order valence-electron chi connectivity index (χ1n) is 6.86. The third-order valence-electron chi connectivity index (χ3n) is 3.69. The van der Waals surface area contributed by atoms with Crippen LogP contribution >= 0.6 is 0 Å². The Bertz CT molecular complexity index is 364. The van der Waals surface area contributed by atoms with E-state index in [0.717, 1.165) is 18.8 Å². The third kappa shape index (κ3) is 2.32. The van der Waals surface area contributed by atoms with Gasteiger partial charge in [0, 0.05) is 18.0 Å². The number of fused-ring (bicyclic) bond motifs is 3. The number of hydrogen-bond acceptors (Lipinski definition) is 2. The Morgan fingerprint density at radius 3 is 2.82 bits per heavy atom. The molecule has 0 amide bonds. The Labute approximate surface area is 105 Å². The highest BCUT2D eigenvalue weighted by Gasteiger charge is 2.37. The molecule has 94 valence electrons. The van der Waals surface area contributed by atoms with E-state index in [-0.39, 0.29) is 0 Å². The van der Waals surface area contributed by atoms with E-state index in [1.54, 1.807) is 0 Å². The van der Waals surface area contributed by atoms with Gasteiger partial charge in [-0.05, 0) is 25.6 Å². The molecule has 1 aromatic carbocycles. The number of benzene rings is 1. The molecule has 1 saturated heterocycles. The van der Waals surface area contributed by atoms with E-state index < -0.39 is 0 Å². The molecule has 0 spiro atoms. The second-order valence-corrected chi connectivity index (χ2v) is 4.48. The van der Waals surface area contributed by atoms with Gasteiger partial charge in [0.25, 0.3) is 0 Å². The fraction of sp³-hybridized carbons (Fsp3) is 0.600. The lowest BCUT2D eigenvalue weighted by Crippen LogP contribution is -2.42. The summed E-state index contributed by atoms with van der Waals surface area (Å²) in [5, 5.41) is 0. The van der Waals surface area contributed by atoms with E-state index >= 15 is 0 Å². The molecule has 17 heavy (non-hydrogen) atoms. The Hall–Kier alpha value is -1.02. The van der Waals surface area contributed by atoms with Crippen molar-refractivity contribution in [3.8, 4) is 5.75 Å². The zero-order chi connectivity index (χ0) is 12.3. The predicted molar refractivity (Wildman–Crippen MR) is 71.7 cm³/mol. The Kier molecular flexibility index (Phi) is 4.06. The summed E-state index contributed by atoms with van der Waals surface area (Å²) in [6.45, 7) is 9.68. The normalized spacial score (nSPS) is 26.3. The summed E-state index contributed by atoms with van der Waals surface area (Å²) in [7, 11) is 0. The van der Waals surface area contributed by atoms with Gasteiger partial charge < -0.3 is 4.74 Å². The van der Waals surface area contributed by atoms with Crippen molar-refractivity contribution >= 4 is 0 Å². The summed E-state index contributed by atoms with van der Waals surface area (Å²) in [5.41, 5.74) is 1.43. The Balaban J connectivity index is 0.000000514. The molecule has 2 nitrogen and oxygen atoms in total. The topological polar surface area (TPSA) is 12.5 Å². The van der Waals surface area contributed by atoms with Crippen LogP contribution in [0.25, 0.3) is 0 Å². The van der Waals surface area contributed by atoms with E-state index in [0.29, 0.717) is 12.0 Å². The van der Waals surface area contributed by atoms with Gasteiger partial charge in [-0.2, -0.15) is 0 Å². The second-order valence-electron chi connectivity index (χ2n) is 4.48. The van der Waals surface area contributed by atoms with E-state index in [4.69, 9.17) is 4.74 Å². The molecular formula is C15H23NO. The molecule has 0 N–H and O–H groups in total. The molecule has 0 bridgehead atoms. The van der Waals surface area contributed by atoms with Crippen molar-refractivity contribution in [3.63, 3.8) is 0 Å². The van der Waals surface area contributed by atoms with Crippen LogP contribution in [0, 0.1) is 0 Å². The van der Waals surface area contributed by atoms with Crippen molar-refractivity contribution in [1.29, 1.82) is 0 Å². The van der Waals surface area contributed by atoms with Gasteiger partial charge in [0.15, 0.2) is 0 Å². The minimum atomic E-state index is 0.399. The number of para-hydroxylation sites is 1. The van der Waals surface area contributed by atoms with Crippen LogP contribution in [0.2, 0.25) is 0 Å². The number of likely N-dealkylation sites (N-methyl/N-ethyl adjacent to an activating group) is 1. The third-order valence-corrected chi connectivity index (χ3v) is 3.69. The molecule has 2 unspecified atom stereocenters. The number of nitrogens with zero attached hydrogens (tertiary/aromatic N) is 1. The van der Waals surface area contributed by atoms with Crippen LogP contribution in [-0.4, -0.2) is 30.6 Å². The number of rotatable bonds is 1. The standard InChI is InChI=1S/C13H17NO.C2H6/c1-2-14-8-7-11-10-5-3-4-6-12(10)15-13(11)9-14;1-2/h3-6,11,13H,2,7-9H2,1H3;1-2H3. The van der Waals surface area contributed by atoms with E-state index in [1.807, 2.05) is 13.8 Å². The summed E-state index contributed by atoms with van der Waals surface area (Å²) in [6.07, 6.45) is 1.64. The average molecular weight is 233 g/mol. The molecule has 2 aliphatic rings. The van der Waals surface area contributed by atoms with Crippen molar-refractivity contribution in [1.82, 2.24) is 4.90 Å². The zero-order valence-electron chi connectivity index (χ0n) is 11.1. The summed E-state index contributed by atoms with van der Waals surface area (Å²) in [4.78, 5) is 2.48. The minimum Gasteiger partial charge on any atom is -0.488 e. The van der Waals surface area contributed by atoms with Crippen LogP contribution in [0.5, 0.6) is 5.75 Å². The van der Waals surface area contributed by atoms with E-state index in [9.17, 15) is 0 Å². The van der Waals surface area contributed by atoms with Gasteiger partial charge >= 0.3 is 0 Å². The van der Waals surface area contributed by atoms with E-state index in [2.05, 4.69) is 36.1 Å². The summed E-state index contributed by atoms with van der Waals surface area (Å²) in [5.74, 6) is 1.76. The summed E-state index contributed by atoms with van der Waals surface area (Å²) < 4.78 is 6.00. The molecule has 0 aromatic heterocycles. The number of ether oxygens (including phenoxy) is 1. The molecule has 0 radical (unpaired) electrons. The monoisotopic (exact) mass is 233 g/mol. The minimum absolute atomic E-state index is 0.399. The quantitative estimate of drug-likeness (QED) is 0.738. The van der Waals surface area contributed by atoms with E-state index in [1.165, 1.54) is 18.5 Å². The van der Waals surface area contributed by atoms with Crippen molar-refractivity contribution < 1.29 is 4.74 Å². The molecule has 2 aliphatic heterocycles. The number of likely N-dealkylation sites (tertiary alicyclic amines) is 1. The van der Waals surface area contributed by atoms with Crippen molar-refractivity contribution in [3.05, 3.63) is 29.8 Å². The predicted octanol–water partition coefficient (Wildman–Crippen LogP) is 3.28.